The van der Waals surface area contributed by atoms with Gasteiger partial charge in [0, 0.05) is 118 Å². The zero-order valence-corrected chi connectivity index (χ0v) is 50.4. The topological polar surface area (TPSA) is 268 Å². The fourth-order valence-corrected chi connectivity index (χ4v) is 9.67. The van der Waals surface area contributed by atoms with Gasteiger partial charge < -0.3 is 44.7 Å². The number of ether oxygens (including phenoxy) is 2. The van der Waals surface area contributed by atoms with Crippen molar-refractivity contribution in [3.05, 3.63) is 267 Å². The van der Waals surface area contributed by atoms with Crippen molar-refractivity contribution in [3.8, 4) is 0 Å². The monoisotopic (exact) mass is 1270 g/mol. The number of H-pyrrole nitrogens is 1. The Morgan fingerprint density at radius 3 is 1.10 bits per heavy atom. The van der Waals surface area contributed by atoms with E-state index in [4.69, 9.17) is 49.4 Å². The van der Waals surface area contributed by atoms with Crippen molar-refractivity contribution in [2.75, 3.05) is 28.2 Å². The van der Waals surface area contributed by atoms with Crippen molar-refractivity contribution >= 4 is 132 Å². The van der Waals surface area contributed by atoms with Crippen LogP contribution >= 0.6 is 34.8 Å². The molecule has 0 saturated heterocycles. The average Bonchev–Trinajstić information content (AvgIpc) is 1.70. The van der Waals surface area contributed by atoms with Crippen LogP contribution in [0.1, 0.15) is 51.2 Å². The second-order valence-corrected chi connectivity index (χ2v) is 21.4. The number of nitrogens with zero attached hydrogens (tertiary/aromatic N) is 4. The molecule has 0 saturated carbocycles. The summed E-state index contributed by atoms with van der Waals surface area (Å²) in [6.45, 7) is 0. The van der Waals surface area contributed by atoms with E-state index in [0.717, 1.165) is 28.8 Å². The number of ketones is 3. The predicted molar refractivity (Wildman–Crippen MR) is 342 cm³/mol. The highest BCUT2D eigenvalue weighted by molar-refractivity contribution is 6.40. The van der Waals surface area contributed by atoms with Gasteiger partial charge in [0.15, 0.2) is 12.2 Å². The number of esters is 2. The van der Waals surface area contributed by atoms with Gasteiger partial charge in [-0.3, -0.25) is 23.5 Å². The first-order chi connectivity index (χ1) is 43.0. The van der Waals surface area contributed by atoms with Crippen LogP contribution in [0.3, 0.4) is 0 Å². The van der Waals surface area contributed by atoms with Crippen LogP contribution in [0.15, 0.2) is 213 Å². The Balaban J connectivity index is 0.000000179. The number of aliphatic carboxylic acids is 1. The number of amides is 2. The van der Waals surface area contributed by atoms with E-state index >= 15 is 0 Å². The van der Waals surface area contributed by atoms with Crippen molar-refractivity contribution in [1.29, 1.82) is 0 Å². The smallest absolute Gasteiger partial charge is 0.380 e. The molecule has 22 heteroatoms. The zero-order valence-electron chi connectivity index (χ0n) is 48.2. The number of aliphatic hydroxyl groups excluding tert-OH is 3. The van der Waals surface area contributed by atoms with E-state index < -0.39 is 59.0 Å². The zero-order chi connectivity index (χ0) is 64.9. The number of rotatable bonds is 15. The van der Waals surface area contributed by atoms with Gasteiger partial charge in [-0.2, -0.15) is 0 Å². The Morgan fingerprint density at radius 1 is 0.433 bits per heavy atom. The number of carboxylic acid groups (broad SMARTS) is 1. The van der Waals surface area contributed by atoms with Gasteiger partial charge >= 0.3 is 30.0 Å². The summed E-state index contributed by atoms with van der Waals surface area (Å²) >= 11 is 18.1. The minimum Gasteiger partial charge on any atom is -0.507 e. The molecule has 0 fully saturated rings. The number of aliphatic hydroxyl groups is 3. The number of aromatic amines is 1. The minimum atomic E-state index is -1.69. The van der Waals surface area contributed by atoms with Crippen LogP contribution in [0.5, 0.6) is 0 Å². The van der Waals surface area contributed by atoms with E-state index in [1.165, 1.54) is 37.4 Å². The molecular formula is C68H54Cl3N5O14. The normalized spacial score (nSPS) is 11.5. The number of halogens is 3. The van der Waals surface area contributed by atoms with Crippen LogP contribution in [-0.4, -0.2) is 120 Å². The van der Waals surface area contributed by atoms with Crippen LogP contribution in [0.2, 0.25) is 15.1 Å². The first-order valence-corrected chi connectivity index (χ1v) is 28.2. The first-order valence-electron chi connectivity index (χ1n) is 27.0. The number of carbonyl (C=O) groups is 8. The van der Waals surface area contributed by atoms with Gasteiger partial charge in [0.05, 0.1) is 11.0 Å². The van der Waals surface area contributed by atoms with Gasteiger partial charge in [-0.15, -0.1) is 0 Å². The standard InChI is InChI=1S/C28H23ClN2O5.C25H18ClNO4.C15H13ClN2O5/c1-30(2)28(35)31-17-22(21-15-20(29)13-14-23(21)31)24(32)16-25(33)27(34)36-26(18-9-5-3-6-10-18)19-11-7-4-8-12-19;26-18-11-12-21-19(13-18)20(15-27-21)22(28)14-23(29)25(30)31-24(16-7-3-1-4-8-16)17-9-5-2-6-10-17;1-17(2)15(23)18-7-10(12(19)6-13(20)14(21)22)9-5-8(16)3-4-11(9)18/h3-17,26,32H,1-2H3;1-15,24,27-28H;3-7,19H,1-2H3,(H,21,22). The van der Waals surface area contributed by atoms with Gasteiger partial charge in [0.2, 0.25) is 0 Å². The Bertz CT molecular complexity index is 4380. The molecule has 456 valence electrons. The van der Waals surface area contributed by atoms with Crippen LogP contribution in [0.25, 0.3) is 50.0 Å². The fourth-order valence-electron chi connectivity index (χ4n) is 9.15. The summed E-state index contributed by atoms with van der Waals surface area (Å²) in [4.78, 5) is 103. The molecule has 2 amide bonds. The summed E-state index contributed by atoms with van der Waals surface area (Å²) in [5, 5.41) is 42.6. The molecule has 0 radical (unpaired) electrons. The molecule has 10 rings (SSSR count). The molecule has 90 heavy (non-hydrogen) atoms. The van der Waals surface area contributed by atoms with Crippen molar-refractivity contribution in [1.82, 2.24) is 23.9 Å². The van der Waals surface area contributed by atoms with Gasteiger partial charge in [-0.25, -0.2) is 24.0 Å². The molecular weight excluding hydrogens is 1220 g/mol. The van der Waals surface area contributed by atoms with Crippen LogP contribution < -0.4 is 0 Å². The van der Waals surface area contributed by atoms with Gasteiger partial charge in [-0.05, 0) is 76.9 Å². The van der Waals surface area contributed by atoms with Crippen molar-refractivity contribution in [2.24, 2.45) is 0 Å². The maximum atomic E-state index is 12.8. The summed E-state index contributed by atoms with van der Waals surface area (Å²) < 4.78 is 13.7. The third kappa shape index (κ3) is 15.6. The molecule has 0 aliphatic heterocycles. The highest BCUT2D eigenvalue weighted by atomic mass is 35.5. The molecule has 0 aliphatic rings. The Labute approximate surface area is 528 Å². The molecule has 10 aromatic rings. The van der Waals surface area contributed by atoms with E-state index in [9.17, 15) is 53.7 Å². The predicted octanol–water partition coefficient (Wildman–Crippen LogP) is 13.6. The van der Waals surface area contributed by atoms with E-state index in [1.807, 2.05) is 97.1 Å². The fraction of sp³-hybridized carbons (Fsp3) is 0.0882. The molecule has 0 spiro atoms. The van der Waals surface area contributed by atoms with Gasteiger partial charge in [-0.1, -0.05) is 156 Å². The van der Waals surface area contributed by atoms with Crippen molar-refractivity contribution in [2.45, 2.75) is 12.2 Å². The Hall–Kier alpha value is -11.0. The number of carboxylic acids is 1. The molecule has 5 N–H and O–H groups in total. The lowest BCUT2D eigenvalue weighted by molar-refractivity contribution is -0.154. The van der Waals surface area contributed by atoms with Crippen molar-refractivity contribution < 1.29 is 68.3 Å². The number of hydrogen-bond donors (Lipinski definition) is 5. The SMILES string of the molecule is CN(C)C(=O)n1cc(C(O)=CC(=O)C(=O)O)c2cc(Cl)ccc21.CN(C)C(=O)n1cc(C(O)=CC(=O)C(=O)OC(c2ccccc2)c2ccccc2)c2cc(Cl)ccc21.O=C(C=C(O)c1c[nH]c2ccc(Cl)cc12)C(=O)OC(c1ccccc1)c1ccccc1. The number of nitrogens with one attached hydrogen (secondary N) is 1. The number of fused-ring (bicyclic) bond motifs is 3. The molecule has 0 bridgehead atoms. The summed E-state index contributed by atoms with van der Waals surface area (Å²) in [5.41, 5.74) is 5.20. The lowest BCUT2D eigenvalue weighted by atomic mass is 10.0. The highest BCUT2D eigenvalue weighted by Gasteiger charge is 2.27. The van der Waals surface area contributed by atoms with E-state index in [0.29, 0.717) is 65.0 Å². The number of hydrogen-bond acceptors (Lipinski definition) is 13. The van der Waals surface area contributed by atoms with Crippen LogP contribution in [0, 0.1) is 0 Å². The van der Waals surface area contributed by atoms with E-state index in [-0.39, 0.29) is 28.9 Å². The number of benzene rings is 7. The van der Waals surface area contributed by atoms with Crippen LogP contribution in [-0.2, 0) is 38.2 Å². The summed E-state index contributed by atoms with van der Waals surface area (Å²) in [7, 11) is 6.31. The highest BCUT2D eigenvalue weighted by Crippen LogP contribution is 2.33. The third-order valence-electron chi connectivity index (χ3n) is 13.5. The Kier molecular flexibility index (Phi) is 21.0. The lowest BCUT2D eigenvalue weighted by Gasteiger charge is -2.18. The summed E-state index contributed by atoms with van der Waals surface area (Å²) in [5.74, 6) is -8.59. The second-order valence-electron chi connectivity index (χ2n) is 20.1. The molecule has 0 unspecified atom stereocenters. The van der Waals surface area contributed by atoms with Gasteiger partial charge in [0.25, 0.3) is 17.3 Å². The maximum Gasteiger partial charge on any atom is 0.380 e. The lowest BCUT2D eigenvalue weighted by Crippen LogP contribution is -2.26. The van der Waals surface area contributed by atoms with E-state index in [1.54, 1.807) is 107 Å². The van der Waals surface area contributed by atoms with E-state index in [2.05, 4.69) is 4.98 Å². The molecule has 19 nitrogen and oxygen atoms in total. The quantitative estimate of drug-likeness (QED) is 0.0277. The molecule has 3 heterocycles. The Morgan fingerprint density at radius 2 is 0.756 bits per heavy atom. The van der Waals surface area contributed by atoms with Gasteiger partial charge in [0.1, 0.15) is 17.3 Å². The molecule has 0 aliphatic carbocycles. The molecule has 0 atom stereocenters. The average molecular weight is 1270 g/mol. The summed E-state index contributed by atoms with van der Waals surface area (Å²) in [6, 6.07) is 50.3. The minimum absolute atomic E-state index is 0.132. The van der Waals surface area contributed by atoms with Crippen LogP contribution in [0.4, 0.5) is 9.59 Å². The third-order valence-corrected chi connectivity index (χ3v) is 14.2. The summed E-state index contributed by atoms with van der Waals surface area (Å²) in [6.07, 6.45) is 4.94. The second kappa shape index (κ2) is 29.1. The first kappa shape index (κ1) is 65.0. The number of carbonyl (C=O) groups excluding carboxylic acids is 7. The molecule has 7 aromatic carbocycles. The number of aromatic nitrogens is 3. The maximum absolute atomic E-state index is 12.8. The van der Waals surface area contributed by atoms with Crippen molar-refractivity contribution in [3.63, 3.8) is 0 Å². The molecule has 3 aromatic heterocycles. The largest absolute Gasteiger partial charge is 0.507 e.